The lowest BCUT2D eigenvalue weighted by atomic mass is 10.2. The molecule has 0 saturated heterocycles. The number of fused-ring (bicyclic) bond motifs is 1. The molecule has 0 unspecified atom stereocenters. The van der Waals surface area contributed by atoms with Crippen LogP contribution < -0.4 is 11.3 Å². The number of hydrogen-bond donors (Lipinski definition) is 2. The molecule has 0 aromatic carbocycles. The van der Waals surface area contributed by atoms with Crippen LogP contribution in [0.25, 0.3) is 10.2 Å². The molecule has 4 heteroatoms. The monoisotopic (exact) mass is 180 g/mol. The number of thiophene rings is 1. The maximum Gasteiger partial charge on any atom is 0.248 e. The summed E-state index contributed by atoms with van der Waals surface area (Å²) < 4.78 is 1.08. The summed E-state index contributed by atoms with van der Waals surface area (Å²) in [5.41, 5.74) is 7.22. The molecule has 12 heavy (non-hydrogen) atoms. The zero-order chi connectivity index (χ0) is 8.55. The van der Waals surface area contributed by atoms with Crippen LogP contribution in [0.3, 0.4) is 0 Å². The summed E-state index contributed by atoms with van der Waals surface area (Å²) in [6, 6.07) is 3.44. The number of aromatic amines is 1. The van der Waals surface area contributed by atoms with Gasteiger partial charge in [-0.3, -0.25) is 4.79 Å². The van der Waals surface area contributed by atoms with Crippen molar-refractivity contribution in [3.8, 4) is 0 Å². The van der Waals surface area contributed by atoms with Crippen molar-refractivity contribution in [2.45, 2.75) is 6.54 Å². The van der Waals surface area contributed by atoms with Gasteiger partial charge >= 0.3 is 0 Å². The van der Waals surface area contributed by atoms with Crippen LogP contribution in [0.4, 0.5) is 0 Å². The molecule has 0 spiro atoms. The molecule has 0 bridgehead atoms. The highest BCUT2D eigenvalue weighted by molar-refractivity contribution is 7.17. The molecule has 0 saturated carbocycles. The first-order valence-corrected chi connectivity index (χ1v) is 4.48. The highest BCUT2D eigenvalue weighted by Gasteiger charge is 2.01. The van der Waals surface area contributed by atoms with Crippen LogP contribution in [-0.2, 0) is 6.54 Å². The molecule has 0 amide bonds. The molecule has 2 aromatic heterocycles. The van der Waals surface area contributed by atoms with Crippen molar-refractivity contribution < 1.29 is 0 Å². The zero-order valence-corrected chi connectivity index (χ0v) is 7.15. The first-order valence-electron chi connectivity index (χ1n) is 3.61. The number of nitrogens with one attached hydrogen (secondary N) is 1. The largest absolute Gasteiger partial charge is 0.326 e. The van der Waals surface area contributed by atoms with E-state index in [9.17, 15) is 4.79 Å². The third kappa shape index (κ3) is 1.05. The molecule has 0 atom stereocenters. The van der Waals surface area contributed by atoms with Gasteiger partial charge in [-0.1, -0.05) is 0 Å². The van der Waals surface area contributed by atoms with Crippen LogP contribution in [0, 0.1) is 0 Å². The Balaban J connectivity index is 2.89. The number of H-pyrrole nitrogens is 1. The van der Waals surface area contributed by atoms with Gasteiger partial charge in [-0.05, 0) is 17.0 Å². The fourth-order valence-electron chi connectivity index (χ4n) is 1.20. The van der Waals surface area contributed by atoms with Crippen LogP contribution in [-0.4, -0.2) is 4.98 Å². The van der Waals surface area contributed by atoms with E-state index in [1.807, 2.05) is 11.4 Å². The third-order valence-electron chi connectivity index (χ3n) is 1.74. The van der Waals surface area contributed by atoms with Crippen molar-refractivity contribution in [1.29, 1.82) is 0 Å². The number of nitrogens with two attached hydrogens (primary N) is 1. The molecular formula is C8H8N2OS. The fourth-order valence-corrected chi connectivity index (χ4v) is 2.08. The van der Waals surface area contributed by atoms with E-state index in [2.05, 4.69) is 4.98 Å². The third-order valence-corrected chi connectivity index (χ3v) is 2.73. The summed E-state index contributed by atoms with van der Waals surface area (Å²) in [7, 11) is 0. The van der Waals surface area contributed by atoms with E-state index in [1.54, 1.807) is 17.4 Å². The molecule has 0 aliphatic heterocycles. The van der Waals surface area contributed by atoms with Gasteiger partial charge in [-0.2, -0.15) is 0 Å². The van der Waals surface area contributed by atoms with Gasteiger partial charge in [0.1, 0.15) is 0 Å². The Bertz CT molecular complexity index is 457. The lowest BCUT2D eigenvalue weighted by Crippen LogP contribution is -2.07. The van der Waals surface area contributed by atoms with Gasteiger partial charge < -0.3 is 10.7 Å². The molecule has 3 nitrogen and oxygen atoms in total. The smallest absolute Gasteiger partial charge is 0.248 e. The number of aromatic nitrogens is 1. The van der Waals surface area contributed by atoms with Crippen LogP contribution in [0.2, 0.25) is 0 Å². The minimum atomic E-state index is -0.0821. The second-order valence-corrected chi connectivity index (χ2v) is 3.44. The van der Waals surface area contributed by atoms with E-state index in [-0.39, 0.29) is 5.56 Å². The zero-order valence-electron chi connectivity index (χ0n) is 6.33. The average Bonchev–Trinajstić information content (AvgIpc) is 2.50. The lowest BCUT2D eigenvalue weighted by Gasteiger charge is -1.96. The number of rotatable bonds is 1. The Morgan fingerprint density at radius 1 is 1.58 bits per heavy atom. The Hall–Kier alpha value is -1.13. The van der Waals surface area contributed by atoms with Crippen LogP contribution in [0.5, 0.6) is 0 Å². The fraction of sp³-hybridized carbons (Fsp3) is 0.125. The summed E-state index contributed by atoms with van der Waals surface area (Å²) in [6.07, 6.45) is 0. The van der Waals surface area contributed by atoms with Gasteiger partial charge in [0.25, 0.3) is 0 Å². The van der Waals surface area contributed by atoms with Gasteiger partial charge in [-0.15, -0.1) is 11.3 Å². The molecular weight excluding hydrogens is 172 g/mol. The molecule has 0 fully saturated rings. The number of hydrogen-bond acceptors (Lipinski definition) is 3. The maximum atomic E-state index is 11.1. The summed E-state index contributed by atoms with van der Waals surface area (Å²) in [6.45, 7) is 0.418. The van der Waals surface area contributed by atoms with Crippen molar-refractivity contribution >= 4 is 21.6 Å². The first kappa shape index (κ1) is 7.52. The van der Waals surface area contributed by atoms with E-state index in [1.165, 1.54) is 0 Å². The molecule has 2 aromatic rings. The molecule has 0 aliphatic carbocycles. The van der Waals surface area contributed by atoms with Crippen molar-refractivity contribution in [3.05, 3.63) is 33.4 Å². The highest BCUT2D eigenvalue weighted by atomic mass is 32.1. The molecule has 2 rings (SSSR count). The maximum absolute atomic E-state index is 11.1. The van der Waals surface area contributed by atoms with Crippen molar-refractivity contribution in [2.75, 3.05) is 0 Å². The minimum absolute atomic E-state index is 0.0821. The second kappa shape index (κ2) is 2.73. The molecule has 2 heterocycles. The van der Waals surface area contributed by atoms with E-state index in [4.69, 9.17) is 5.73 Å². The van der Waals surface area contributed by atoms with Gasteiger partial charge in [0.05, 0.1) is 10.2 Å². The summed E-state index contributed by atoms with van der Waals surface area (Å²) in [5, 5.41) is 1.94. The normalized spacial score (nSPS) is 10.8. The predicted octanol–water partition coefficient (Wildman–Crippen LogP) is 1.05. The highest BCUT2D eigenvalue weighted by Crippen LogP contribution is 2.20. The SMILES string of the molecule is NCc1cc(=O)[nH]c2ccsc12. The quantitative estimate of drug-likeness (QED) is 0.689. The van der Waals surface area contributed by atoms with Gasteiger partial charge in [-0.25, -0.2) is 0 Å². The Kier molecular flexibility index (Phi) is 1.71. The van der Waals surface area contributed by atoms with Crippen LogP contribution in [0.1, 0.15) is 5.56 Å². The average molecular weight is 180 g/mol. The van der Waals surface area contributed by atoms with Crippen LogP contribution in [0.15, 0.2) is 22.3 Å². The lowest BCUT2D eigenvalue weighted by molar-refractivity contribution is 1.08. The van der Waals surface area contributed by atoms with E-state index in [0.29, 0.717) is 6.54 Å². The van der Waals surface area contributed by atoms with Gasteiger partial charge in [0, 0.05) is 12.6 Å². The topological polar surface area (TPSA) is 58.9 Å². The van der Waals surface area contributed by atoms with Crippen LogP contribution >= 0.6 is 11.3 Å². The standard InChI is InChI=1S/C8H8N2OS/c9-4-5-3-7(11)10-6-1-2-12-8(5)6/h1-3H,4,9H2,(H,10,11). The molecule has 0 radical (unpaired) electrons. The summed E-state index contributed by atoms with van der Waals surface area (Å²) in [5.74, 6) is 0. The Morgan fingerprint density at radius 2 is 2.42 bits per heavy atom. The van der Waals surface area contributed by atoms with Gasteiger partial charge in [0.2, 0.25) is 5.56 Å². The molecule has 0 aliphatic rings. The summed E-state index contributed by atoms with van der Waals surface area (Å²) in [4.78, 5) is 13.8. The predicted molar refractivity (Wildman–Crippen MR) is 50.3 cm³/mol. The van der Waals surface area contributed by atoms with E-state index in [0.717, 1.165) is 15.8 Å². The van der Waals surface area contributed by atoms with E-state index >= 15 is 0 Å². The first-order chi connectivity index (χ1) is 5.81. The molecule has 62 valence electrons. The van der Waals surface area contributed by atoms with Gasteiger partial charge in [0.15, 0.2) is 0 Å². The van der Waals surface area contributed by atoms with Crippen molar-refractivity contribution in [1.82, 2.24) is 4.98 Å². The molecule has 3 N–H and O–H groups in total. The summed E-state index contributed by atoms with van der Waals surface area (Å²) >= 11 is 1.60. The second-order valence-electron chi connectivity index (χ2n) is 2.53. The van der Waals surface area contributed by atoms with E-state index < -0.39 is 0 Å². The van der Waals surface area contributed by atoms with Crippen molar-refractivity contribution in [2.24, 2.45) is 5.73 Å². The Morgan fingerprint density at radius 3 is 3.17 bits per heavy atom. The number of pyridine rings is 1. The minimum Gasteiger partial charge on any atom is -0.326 e. The Labute approximate surface area is 72.8 Å². The van der Waals surface area contributed by atoms with Crippen molar-refractivity contribution in [3.63, 3.8) is 0 Å².